The Morgan fingerprint density at radius 3 is 2.62 bits per heavy atom. The summed E-state index contributed by atoms with van der Waals surface area (Å²) in [6.45, 7) is 2.08. The number of halogens is 2. The first-order valence-corrected chi connectivity index (χ1v) is 9.48. The molecule has 1 aromatic carbocycles. The number of alkyl halides is 1. The highest BCUT2D eigenvalue weighted by atomic mass is 35.5. The van der Waals surface area contributed by atoms with E-state index in [1.807, 2.05) is 16.8 Å². The molecule has 0 aliphatic heterocycles. The van der Waals surface area contributed by atoms with Crippen molar-refractivity contribution in [1.82, 2.24) is 4.31 Å². The molecule has 1 heterocycles. The van der Waals surface area contributed by atoms with Crippen LogP contribution < -0.4 is 0 Å². The monoisotopic (exact) mass is 363 g/mol. The molecule has 2 aromatic rings. The number of hydrogen-bond donors (Lipinski definition) is 0. The average Bonchev–Trinajstić information content (AvgIpc) is 2.93. The molecule has 0 bridgehead atoms. The maximum atomic E-state index is 12.7. The number of benzene rings is 1. The van der Waals surface area contributed by atoms with E-state index in [-0.39, 0.29) is 10.8 Å². The molecule has 0 saturated carbocycles. The number of nitrogens with zero attached hydrogens (tertiary/aromatic N) is 1. The van der Waals surface area contributed by atoms with E-state index >= 15 is 0 Å². The summed E-state index contributed by atoms with van der Waals surface area (Å²) in [4.78, 5) is 0.211. The minimum Gasteiger partial charge on any atom is -0.207 e. The molecule has 0 N–H and O–H groups in total. The first-order valence-electron chi connectivity index (χ1n) is 6.18. The fourth-order valence-electron chi connectivity index (χ4n) is 2.01. The summed E-state index contributed by atoms with van der Waals surface area (Å²) >= 11 is 13.4. The van der Waals surface area contributed by atoms with Crippen LogP contribution in [-0.2, 0) is 22.4 Å². The van der Waals surface area contributed by atoms with Gasteiger partial charge in [0, 0.05) is 24.5 Å². The lowest BCUT2D eigenvalue weighted by molar-refractivity contribution is 0.466. The summed E-state index contributed by atoms with van der Waals surface area (Å²) in [5.41, 5.74) is 2.33. The lowest BCUT2D eigenvalue weighted by Gasteiger charge is -2.19. The highest BCUT2D eigenvalue weighted by Crippen LogP contribution is 2.28. The molecular formula is C14H15Cl2NO2S2. The van der Waals surface area contributed by atoms with Gasteiger partial charge in [-0.25, -0.2) is 8.42 Å². The summed E-state index contributed by atoms with van der Waals surface area (Å²) in [7, 11) is -2.04. The lowest BCUT2D eigenvalue weighted by atomic mass is 10.1. The van der Waals surface area contributed by atoms with Gasteiger partial charge in [-0.15, -0.1) is 11.6 Å². The van der Waals surface area contributed by atoms with Crippen molar-refractivity contribution in [3.05, 3.63) is 50.7 Å². The first-order chi connectivity index (χ1) is 9.86. The van der Waals surface area contributed by atoms with Gasteiger partial charge < -0.3 is 0 Å². The summed E-state index contributed by atoms with van der Waals surface area (Å²) in [6, 6.07) is 5.08. The van der Waals surface area contributed by atoms with Crippen LogP contribution in [0.4, 0.5) is 0 Å². The van der Waals surface area contributed by atoms with Crippen molar-refractivity contribution < 1.29 is 8.42 Å². The molecule has 0 atom stereocenters. The van der Waals surface area contributed by atoms with Crippen LogP contribution in [0.15, 0.2) is 33.9 Å². The fraction of sp³-hybridized carbons (Fsp3) is 0.286. The predicted octanol–water partition coefficient (Wildman–Crippen LogP) is 4.27. The van der Waals surface area contributed by atoms with Gasteiger partial charge in [-0.2, -0.15) is 15.6 Å². The molecule has 0 unspecified atom stereocenters. The van der Waals surface area contributed by atoms with E-state index in [2.05, 4.69) is 0 Å². The Morgan fingerprint density at radius 2 is 2.05 bits per heavy atom. The van der Waals surface area contributed by atoms with E-state index in [0.29, 0.717) is 17.1 Å². The number of rotatable bonds is 5. The molecule has 21 heavy (non-hydrogen) atoms. The Hall–Kier alpha value is -0.590. The first kappa shape index (κ1) is 16.8. The van der Waals surface area contributed by atoms with Crippen molar-refractivity contribution in [2.24, 2.45) is 0 Å². The maximum absolute atomic E-state index is 12.7. The van der Waals surface area contributed by atoms with Crippen LogP contribution in [0.1, 0.15) is 16.7 Å². The van der Waals surface area contributed by atoms with Crippen molar-refractivity contribution >= 4 is 44.6 Å². The zero-order valence-corrected chi connectivity index (χ0v) is 14.8. The summed E-state index contributed by atoms with van der Waals surface area (Å²) in [5.74, 6) is 0.225. The Labute approximate surface area is 139 Å². The molecule has 0 aliphatic rings. The van der Waals surface area contributed by atoms with Crippen molar-refractivity contribution in [3.63, 3.8) is 0 Å². The summed E-state index contributed by atoms with van der Waals surface area (Å²) < 4.78 is 26.8. The van der Waals surface area contributed by atoms with Gasteiger partial charge in [-0.3, -0.25) is 0 Å². The third-order valence-corrected chi connectivity index (χ3v) is 6.42. The SMILES string of the molecule is Cc1c(CCl)cc(Cl)cc1S(=O)(=O)N(C)Cc1ccsc1. The average molecular weight is 364 g/mol. The van der Waals surface area contributed by atoms with Crippen LogP contribution in [0, 0.1) is 6.92 Å². The van der Waals surface area contributed by atoms with Crippen molar-refractivity contribution in [1.29, 1.82) is 0 Å². The van der Waals surface area contributed by atoms with E-state index in [1.165, 1.54) is 21.7 Å². The van der Waals surface area contributed by atoms with E-state index in [4.69, 9.17) is 23.2 Å². The van der Waals surface area contributed by atoms with Gasteiger partial charge in [0.1, 0.15) is 0 Å². The lowest BCUT2D eigenvalue weighted by Crippen LogP contribution is -2.27. The highest BCUT2D eigenvalue weighted by Gasteiger charge is 2.24. The second-order valence-corrected chi connectivity index (χ2v) is 8.21. The molecule has 0 radical (unpaired) electrons. The van der Waals surface area contributed by atoms with Crippen molar-refractivity contribution in [2.75, 3.05) is 7.05 Å². The zero-order valence-electron chi connectivity index (χ0n) is 11.6. The number of thiophene rings is 1. The Kier molecular flexibility index (Phi) is 5.33. The minimum absolute atomic E-state index is 0.211. The third-order valence-electron chi connectivity index (χ3n) is 3.25. The molecule has 2 rings (SSSR count). The van der Waals surface area contributed by atoms with E-state index in [9.17, 15) is 8.42 Å². The summed E-state index contributed by atoms with van der Waals surface area (Å²) in [6.07, 6.45) is 0. The predicted molar refractivity (Wildman–Crippen MR) is 88.7 cm³/mol. The number of hydrogen-bond acceptors (Lipinski definition) is 3. The molecule has 0 amide bonds. The van der Waals surface area contributed by atoms with Crippen LogP contribution in [0.2, 0.25) is 5.02 Å². The molecule has 114 valence electrons. The van der Waals surface area contributed by atoms with Gasteiger partial charge >= 0.3 is 0 Å². The quantitative estimate of drug-likeness (QED) is 0.743. The smallest absolute Gasteiger partial charge is 0.207 e. The van der Waals surface area contributed by atoms with E-state index in [0.717, 1.165) is 11.1 Å². The molecule has 1 aromatic heterocycles. The highest BCUT2D eigenvalue weighted by molar-refractivity contribution is 7.89. The zero-order chi connectivity index (χ0) is 15.6. The van der Waals surface area contributed by atoms with Crippen molar-refractivity contribution in [3.8, 4) is 0 Å². The van der Waals surface area contributed by atoms with Gasteiger partial charge in [0.05, 0.1) is 4.90 Å². The molecule has 0 fully saturated rings. The second-order valence-electron chi connectivity index (χ2n) is 4.71. The van der Waals surface area contributed by atoms with E-state index < -0.39 is 10.0 Å². The Morgan fingerprint density at radius 1 is 1.33 bits per heavy atom. The molecule has 0 spiro atoms. The van der Waals surface area contributed by atoms with E-state index in [1.54, 1.807) is 20.0 Å². The minimum atomic E-state index is -3.61. The number of sulfonamides is 1. The van der Waals surface area contributed by atoms with Crippen LogP contribution in [0.25, 0.3) is 0 Å². The molecule has 7 heteroatoms. The topological polar surface area (TPSA) is 37.4 Å². The van der Waals surface area contributed by atoms with Crippen LogP contribution in [0.5, 0.6) is 0 Å². The Balaban J connectivity index is 2.41. The maximum Gasteiger partial charge on any atom is 0.243 e. The van der Waals surface area contributed by atoms with Crippen LogP contribution >= 0.6 is 34.5 Å². The molecule has 0 aliphatic carbocycles. The fourth-order valence-corrected chi connectivity index (χ4v) is 4.70. The van der Waals surface area contributed by atoms with Crippen LogP contribution in [0.3, 0.4) is 0 Å². The molecular weight excluding hydrogens is 349 g/mol. The normalized spacial score (nSPS) is 12.0. The summed E-state index contributed by atoms with van der Waals surface area (Å²) in [5, 5.41) is 4.23. The van der Waals surface area contributed by atoms with Gasteiger partial charge in [0.2, 0.25) is 10.0 Å². The molecule has 3 nitrogen and oxygen atoms in total. The van der Waals surface area contributed by atoms with Gasteiger partial charge in [0.25, 0.3) is 0 Å². The third kappa shape index (κ3) is 3.60. The van der Waals surface area contributed by atoms with Crippen molar-refractivity contribution in [2.45, 2.75) is 24.2 Å². The Bertz CT molecular complexity index is 728. The second kappa shape index (κ2) is 6.67. The van der Waals surface area contributed by atoms with Crippen LogP contribution in [-0.4, -0.2) is 19.8 Å². The van der Waals surface area contributed by atoms with Gasteiger partial charge in [0.15, 0.2) is 0 Å². The standard InChI is InChI=1S/C14H15Cl2NO2S2/c1-10-12(7-15)5-13(16)6-14(10)21(18,19)17(2)8-11-3-4-20-9-11/h3-6,9H,7-8H2,1-2H3. The van der Waals surface area contributed by atoms with Gasteiger partial charge in [-0.1, -0.05) is 11.6 Å². The largest absolute Gasteiger partial charge is 0.243 e. The van der Waals surface area contributed by atoms with Gasteiger partial charge in [-0.05, 0) is 52.6 Å². The molecule has 0 saturated heterocycles.